The number of hydrazone groups is 1. The van der Waals surface area contributed by atoms with Crippen molar-refractivity contribution in [2.45, 2.75) is 50.8 Å². The van der Waals surface area contributed by atoms with Gasteiger partial charge in [-0.05, 0) is 42.5 Å². The third-order valence-electron chi connectivity index (χ3n) is 5.64. The zero-order chi connectivity index (χ0) is 16.8. The van der Waals surface area contributed by atoms with Gasteiger partial charge in [-0.3, -0.25) is 0 Å². The first-order valence-electron chi connectivity index (χ1n) is 9.15. The van der Waals surface area contributed by atoms with Gasteiger partial charge in [0.25, 0.3) is 0 Å². The first-order valence-corrected chi connectivity index (χ1v) is 10.8. The van der Waals surface area contributed by atoms with Crippen LogP contribution < -0.4 is 4.74 Å². The van der Waals surface area contributed by atoms with Crippen LogP contribution in [0.5, 0.6) is 5.75 Å². The second-order valence-corrected chi connectivity index (χ2v) is 9.08. The van der Waals surface area contributed by atoms with Gasteiger partial charge in [0, 0.05) is 22.4 Å². The average Bonchev–Trinajstić information content (AvgIpc) is 3.31. The Kier molecular flexibility index (Phi) is 4.09. The number of hydrogen-bond acceptors (Lipinski definition) is 4. The second-order valence-electron chi connectivity index (χ2n) is 7.21. The summed E-state index contributed by atoms with van der Waals surface area (Å²) in [6.45, 7) is 0. The van der Waals surface area contributed by atoms with Crippen LogP contribution in [0.25, 0.3) is 0 Å². The molecule has 0 bridgehead atoms. The highest BCUT2D eigenvalue weighted by atomic mass is 79.9. The first kappa shape index (κ1) is 15.9. The van der Waals surface area contributed by atoms with Gasteiger partial charge in [0.1, 0.15) is 5.75 Å². The smallest absolute Gasteiger partial charge is 0.190 e. The van der Waals surface area contributed by atoms with Gasteiger partial charge in [-0.1, -0.05) is 41.3 Å². The molecular formula is C20H21BrN2OS. The van der Waals surface area contributed by atoms with Crippen molar-refractivity contribution in [3.63, 3.8) is 0 Å². The molecule has 2 aromatic rings. The minimum atomic E-state index is 0.0800. The number of fused-ring (bicyclic) bond motifs is 3. The van der Waals surface area contributed by atoms with Crippen LogP contribution in [-0.2, 0) is 0 Å². The first-order chi connectivity index (χ1) is 12.3. The minimum absolute atomic E-state index is 0.0800. The van der Waals surface area contributed by atoms with Crippen LogP contribution in [0.3, 0.4) is 0 Å². The van der Waals surface area contributed by atoms with Gasteiger partial charge in [-0.15, -0.1) is 11.3 Å². The van der Waals surface area contributed by atoms with Gasteiger partial charge in [0.05, 0.1) is 16.6 Å². The predicted molar refractivity (Wildman–Crippen MR) is 105 cm³/mol. The summed E-state index contributed by atoms with van der Waals surface area (Å²) in [5.41, 5.74) is 2.47. The molecule has 1 fully saturated rings. The van der Waals surface area contributed by atoms with Crippen molar-refractivity contribution in [3.8, 4) is 5.75 Å². The maximum absolute atomic E-state index is 6.51. The molecule has 2 atom stereocenters. The number of ether oxygens (including phenoxy) is 1. The molecule has 0 unspecified atom stereocenters. The van der Waals surface area contributed by atoms with E-state index in [9.17, 15) is 0 Å². The lowest BCUT2D eigenvalue weighted by molar-refractivity contribution is -0.0644. The summed E-state index contributed by atoms with van der Waals surface area (Å²) in [6.07, 6.45) is 7.55. The van der Waals surface area contributed by atoms with Crippen LogP contribution in [0.1, 0.15) is 55.0 Å². The Morgan fingerprint density at radius 1 is 1.16 bits per heavy atom. The van der Waals surface area contributed by atoms with E-state index in [4.69, 9.17) is 9.84 Å². The van der Waals surface area contributed by atoms with E-state index in [2.05, 4.69) is 56.7 Å². The number of thiophene rings is 1. The lowest BCUT2D eigenvalue weighted by Gasteiger charge is -2.42. The van der Waals surface area contributed by atoms with E-state index >= 15 is 0 Å². The van der Waals surface area contributed by atoms with E-state index in [1.165, 1.54) is 48.3 Å². The van der Waals surface area contributed by atoms with Crippen LogP contribution in [0.4, 0.5) is 0 Å². The maximum Gasteiger partial charge on any atom is 0.190 e. The Balaban J connectivity index is 1.55. The van der Waals surface area contributed by atoms with E-state index in [0.29, 0.717) is 12.0 Å². The van der Waals surface area contributed by atoms with Gasteiger partial charge in [0.2, 0.25) is 0 Å². The van der Waals surface area contributed by atoms with Crippen LogP contribution in [-0.4, -0.2) is 16.9 Å². The highest BCUT2D eigenvalue weighted by Crippen LogP contribution is 2.47. The molecule has 2 aliphatic heterocycles. The van der Waals surface area contributed by atoms with Crippen molar-refractivity contribution in [1.82, 2.24) is 5.01 Å². The van der Waals surface area contributed by atoms with Gasteiger partial charge >= 0.3 is 0 Å². The van der Waals surface area contributed by atoms with Crippen molar-refractivity contribution in [1.29, 1.82) is 0 Å². The molecule has 130 valence electrons. The summed E-state index contributed by atoms with van der Waals surface area (Å²) in [5.74, 6) is 1.63. The largest absolute Gasteiger partial charge is 0.468 e. The molecule has 1 aromatic carbocycles. The molecule has 3 aliphatic rings. The van der Waals surface area contributed by atoms with Gasteiger partial charge < -0.3 is 4.74 Å². The zero-order valence-corrected chi connectivity index (χ0v) is 16.4. The van der Waals surface area contributed by atoms with E-state index < -0.39 is 0 Å². The number of hydrogen-bond donors (Lipinski definition) is 0. The van der Waals surface area contributed by atoms with E-state index in [1.807, 2.05) is 0 Å². The molecule has 1 aromatic heterocycles. The highest BCUT2D eigenvalue weighted by Gasteiger charge is 2.43. The average molecular weight is 417 g/mol. The Hall–Kier alpha value is -1.33. The highest BCUT2D eigenvalue weighted by molar-refractivity contribution is 9.10. The molecule has 3 nitrogen and oxygen atoms in total. The molecule has 3 heterocycles. The quantitative estimate of drug-likeness (QED) is 0.602. The molecule has 0 saturated heterocycles. The molecule has 25 heavy (non-hydrogen) atoms. The SMILES string of the molecule is Brc1ccc2c(c1)[C@H]1CC(c3cccs3)=NN1[C@H](C1CCCCC1)O2. The molecule has 5 heteroatoms. The summed E-state index contributed by atoms with van der Waals surface area (Å²) in [4.78, 5) is 1.29. The zero-order valence-electron chi connectivity index (χ0n) is 14.0. The monoisotopic (exact) mass is 416 g/mol. The topological polar surface area (TPSA) is 24.8 Å². The number of rotatable bonds is 2. The van der Waals surface area contributed by atoms with Gasteiger partial charge in [-0.25, -0.2) is 5.01 Å². The normalized spacial score (nSPS) is 26.0. The van der Waals surface area contributed by atoms with Crippen molar-refractivity contribution in [2.24, 2.45) is 11.0 Å². The van der Waals surface area contributed by atoms with Crippen molar-refractivity contribution >= 4 is 33.0 Å². The van der Waals surface area contributed by atoms with E-state index in [1.54, 1.807) is 11.3 Å². The fourth-order valence-electron chi connectivity index (χ4n) is 4.41. The fourth-order valence-corrected chi connectivity index (χ4v) is 5.51. The van der Waals surface area contributed by atoms with E-state index in [-0.39, 0.29) is 6.23 Å². The minimum Gasteiger partial charge on any atom is -0.468 e. The molecule has 0 N–H and O–H groups in total. The van der Waals surface area contributed by atoms with Crippen molar-refractivity contribution in [2.75, 3.05) is 0 Å². The summed E-state index contributed by atoms with van der Waals surface area (Å²) < 4.78 is 7.61. The summed E-state index contributed by atoms with van der Waals surface area (Å²) in [7, 11) is 0. The summed E-state index contributed by atoms with van der Waals surface area (Å²) in [5, 5.41) is 9.47. The second kappa shape index (κ2) is 6.44. The molecule has 5 rings (SSSR count). The van der Waals surface area contributed by atoms with Crippen LogP contribution >= 0.6 is 27.3 Å². The molecule has 0 amide bonds. The van der Waals surface area contributed by atoms with Crippen LogP contribution in [0.2, 0.25) is 0 Å². The fraction of sp³-hybridized carbons (Fsp3) is 0.450. The third-order valence-corrected chi connectivity index (χ3v) is 7.05. The molecule has 0 radical (unpaired) electrons. The van der Waals surface area contributed by atoms with Gasteiger partial charge in [-0.2, -0.15) is 5.10 Å². The molecule has 1 aliphatic carbocycles. The Morgan fingerprint density at radius 3 is 2.84 bits per heavy atom. The van der Waals surface area contributed by atoms with Crippen molar-refractivity contribution < 1.29 is 4.74 Å². The molecule has 0 spiro atoms. The standard InChI is InChI=1S/C20H21BrN2OS/c21-14-8-9-18-15(11-14)17-12-16(19-7-4-10-25-19)22-23(17)20(24-18)13-5-2-1-3-6-13/h4,7-11,13,17,20H,1-3,5-6,12H2/t17-,20+/m1/s1. The Morgan fingerprint density at radius 2 is 2.04 bits per heavy atom. The maximum atomic E-state index is 6.51. The van der Waals surface area contributed by atoms with E-state index in [0.717, 1.165) is 16.6 Å². The summed E-state index contributed by atoms with van der Waals surface area (Å²) in [6, 6.07) is 11.0. The Bertz CT molecular complexity index is 798. The van der Waals surface area contributed by atoms with Crippen LogP contribution in [0.15, 0.2) is 45.3 Å². The lowest BCUT2D eigenvalue weighted by Crippen LogP contribution is -2.45. The number of halogens is 1. The molecular weight excluding hydrogens is 396 g/mol. The molecule has 1 saturated carbocycles. The Labute approximate surface area is 160 Å². The van der Waals surface area contributed by atoms with Crippen molar-refractivity contribution in [3.05, 3.63) is 50.6 Å². The predicted octanol–water partition coefficient (Wildman–Crippen LogP) is 5.96. The number of nitrogens with zero attached hydrogens (tertiary/aromatic N) is 2. The van der Waals surface area contributed by atoms with Crippen LogP contribution in [0, 0.1) is 5.92 Å². The lowest BCUT2D eigenvalue weighted by atomic mass is 9.86. The number of benzene rings is 1. The summed E-state index contributed by atoms with van der Waals surface area (Å²) >= 11 is 5.40. The third kappa shape index (κ3) is 2.81. The van der Waals surface area contributed by atoms with Gasteiger partial charge in [0.15, 0.2) is 6.23 Å².